The van der Waals surface area contributed by atoms with Gasteiger partial charge in [-0.3, -0.25) is 14.4 Å². The maximum atomic E-state index is 13.1. The minimum absolute atomic E-state index is 0.00593. The Hall–Kier alpha value is -1.93. The third-order valence-electron chi connectivity index (χ3n) is 6.84. The zero-order valence-electron chi connectivity index (χ0n) is 17.6. The molecule has 0 aromatic carbocycles. The maximum Gasteiger partial charge on any atom is 0.257 e. The topological polar surface area (TPSA) is 73.0 Å². The number of fused-ring (bicyclic) bond motifs is 3. The fraction of sp³-hybridized carbons (Fsp3) is 0.682. The van der Waals surface area contributed by atoms with Crippen LogP contribution in [0.15, 0.2) is 0 Å². The van der Waals surface area contributed by atoms with E-state index in [9.17, 15) is 14.4 Å². The highest BCUT2D eigenvalue weighted by molar-refractivity contribution is 7.17. The highest BCUT2D eigenvalue weighted by Gasteiger charge is 2.39. The molecular weight excluding hydrogens is 400 g/mol. The van der Waals surface area contributed by atoms with Crippen molar-refractivity contribution in [3.63, 3.8) is 0 Å². The van der Waals surface area contributed by atoms with Crippen LogP contribution in [0.4, 0.5) is 5.00 Å². The Balaban J connectivity index is 1.39. The van der Waals surface area contributed by atoms with Gasteiger partial charge in [0.1, 0.15) is 11.5 Å². The van der Waals surface area contributed by atoms with E-state index in [2.05, 4.69) is 5.32 Å². The minimum Gasteiger partial charge on any atom is -0.337 e. The van der Waals surface area contributed by atoms with E-state index < -0.39 is 0 Å². The van der Waals surface area contributed by atoms with Gasteiger partial charge < -0.3 is 20.0 Å². The van der Waals surface area contributed by atoms with Gasteiger partial charge in [-0.1, -0.05) is 6.42 Å². The van der Waals surface area contributed by atoms with Crippen molar-refractivity contribution in [1.82, 2.24) is 15.1 Å². The Morgan fingerprint density at radius 1 is 1.17 bits per heavy atom. The molecule has 1 N–H and O–H groups in total. The van der Waals surface area contributed by atoms with Crippen molar-refractivity contribution in [2.45, 2.75) is 57.5 Å². The van der Waals surface area contributed by atoms with Crippen LogP contribution in [0.3, 0.4) is 0 Å². The van der Waals surface area contributed by atoms with Crippen LogP contribution < -0.4 is 10.2 Å². The van der Waals surface area contributed by atoms with Crippen LogP contribution >= 0.6 is 11.3 Å². The fourth-order valence-electron chi connectivity index (χ4n) is 4.86. The lowest BCUT2D eigenvalue weighted by Crippen LogP contribution is -2.42. The molecule has 5 rings (SSSR count). The van der Waals surface area contributed by atoms with E-state index in [-0.39, 0.29) is 30.3 Å². The number of amides is 3. The molecule has 0 spiro atoms. The molecule has 1 saturated heterocycles. The lowest BCUT2D eigenvalue weighted by Gasteiger charge is -2.30. The summed E-state index contributed by atoms with van der Waals surface area (Å²) >= 11 is 1.55. The number of likely N-dealkylation sites (N-methyl/N-ethyl adjacent to an activating group) is 1. The molecule has 7 nitrogen and oxygen atoms in total. The Morgan fingerprint density at radius 3 is 2.73 bits per heavy atom. The van der Waals surface area contributed by atoms with E-state index in [0.717, 1.165) is 41.2 Å². The predicted molar refractivity (Wildman–Crippen MR) is 116 cm³/mol. The number of rotatable bonds is 4. The van der Waals surface area contributed by atoms with Crippen LogP contribution in [0.1, 0.15) is 59.3 Å². The van der Waals surface area contributed by atoms with Crippen LogP contribution in [0.2, 0.25) is 0 Å². The molecule has 1 aromatic heterocycles. The molecule has 30 heavy (non-hydrogen) atoms. The number of anilines is 1. The third kappa shape index (κ3) is 3.75. The van der Waals surface area contributed by atoms with E-state index in [1.807, 2.05) is 9.80 Å². The van der Waals surface area contributed by atoms with E-state index in [1.54, 1.807) is 23.3 Å². The van der Waals surface area contributed by atoms with Gasteiger partial charge in [-0.2, -0.15) is 0 Å². The van der Waals surface area contributed by atoms with Gasteiger partial charge in [0.05, 0.1) is 12.1 Å². The standard InChI is InChI=1S/C22H30N4O3S/c1-24-13-19(28)26(11-14-5-6-14)22-20(21(24)29)16-7-9-25(12-17(16)30-22)18(27)10-15-4-2-3-8-23-15/h14-15,23H,2-13H2,1H3. The van der Waals surface area contributed by atoms with Gasteiger partial charge in [0.25, 0.3) is 5.91 Å². The fourth-order valence-corrected chi connectivity index (χ4v) is 6.24. The highest BCUT2D eigenvalue weighted by atomic mass is 32.1. The number of hydrogen-bond acceptors (Lipinski definition) is 5. The number of thiophene rings is 1. The van der Waals surface area contributed by atoms with E-state index in [4.69, 9.17) is 0 Å². The normalized spacial score (nSPS) is 24.6. The van der Waals surface area contributed by atoms with Gasteiger partial charge in [0, 0.05) is 37.5 Å². The number of nitrogens with zero attached hydrogens (tertiary/aromatic N) is 3. The second kappa shape index (κ2) is 7.96. The lowest BCUT2D eigenvalue weighted by atomic mass is 9.99. The number of nitrogens with one attached hydrogen (secondary N) is 1. The van der Waals surface area contributed by atoms with Crippen LogP contribution in [0.5, 0.6) is 0 Å². The lowest BCUT2D eigenvalue weighted by molar-refractivity contribution is -0.132. The molecule has 0 radical (unpaired) electrons. The van der Waals surface area contributed by atoms with Crippen LogP contribution in [0.25, 0.3) is 0 Å². The SMILES string of the molecule is CN1CC(=O)N(CC2CC2)c2sc3c(c2C1=O)CCN(C(=O)CC1CCCCN1)C3. The third-order valence-corrected chi connectivity index (χ3v) is 8.08. The van der Waals surface area contributed by atoms with Gasteiger partial charge in [-0.25, -0.2) is 0 Å². The van der Waals surface area contributed by atoms with Gasteiger partial charge in [-0.05, 0) is 50.1 Å². The molecule has 1 atom stereocenters. The number of carbonyl (C=O) groups excluding carboxylic acids is 3. The van der Waals surface area contributed by atoms with Crippen molar-refractivity contribution in [3.05, 3.63) is 16.0 Å². The summed E-state index contributed by atoms with van der Waals surface area (Å²) < 4.78 is 0. The van der Waals surface area contributed by atoms with E-state index in [1.165, 1.54) is 12.8 Å². The molecule has 162 valence electrons. The molecule has 2 fully saturated rings. The molecule has 1 saturated carbocycles. The molecule has 8 heteroatoms. The number of piperidine rings is 1. The summed E-state index contributed by atoms with van der Waals surface area (Å²) in [5, 5.41) is 4.28. The van der Waals surface area contributed by atoms with Crippen molar-refractivity contribution in [1.29, 1.82) is 0 Å². The Bertz CT molecular complexity index is 872. The zero-order chi connectivity index (χ0) is 20.8. The first kappa shape index (κ1) is 20.0. The molecule has 4 aliphatic rings. The molecule has 3 amide bonds. The first-order valence-corrected chi connectivity index (χ1v) is 12.0. The monoisotopic (exact) mass is 430 g/mol. The Morgan fingerprint density at radius 2 is 2.00 bits per heavy atom. The van der Waals surface area contributed by atoms with Crippen LogP contribution in [-0.4, -0.2) is 66.8 Å². The van der Waals surface area contributed by atoms with Crippen molar-refractivity contribution < 1.29 is 14.4 Å². The molecule has 1 unspecified atom stereocenters. The summed E-state index contributed by atoms with van der Waals surface area (Å²) in [5.41, 5.74) is 1.77. The minimum atomic E-state index is -0.0553. The molecular formula is C22H30N4O3S. The average Bonchev–Trinajstić information content (AvgIpc) is 3.50. The largest absolute Gasteiger partial charge is 0.337 e. The van der Waals surface area contributed by atoms with E-state index >= 15 is 0 Å². The average molecular weight is 431 g/mol. The van der Waals surface area contributed by atoms with Gasteiger partial charge in [0.15, 0.2) is 0 Å². The second-order valence-corrected chi connectivity index (χ2v) is 10.3. The summed E-state index contributed by atoms with van der Waals surface area (Å²) in [7, 11) is 1.71. The Kier molecular flexibility index (Phi) is 5.31. The van der Waals surface area contributed by atoms with Gasteiger partial charge >= 0.3 is 0 Å². The van der Waals surface area contributed by atoms with Crippen LogP contribution in [0, 0.1) is 5.92 Å². The molecule has 4 heterocycles. The molecule has 1 aliphatic carbocycles. The first-order valence-electron chi connectivity index (χ1n) is 11.2. The second-order valence-electron chi connectivity index (χ2n) is 9.21. The summed E-state index contributed by atoms with van der Waals surface area (Å²) in [6.07, 6.45) is 7.00. The Labute approximate surface area is 181 Å². The predicted octanol–water partition coefficient (Wildman–Crippen LogP) is 1.99. The number of carbonyl (C=O) groups is 3. The summed E-state index contributed by atoms with van der Waals surface area (Å²) in [6.45, 7) is 3.06. The summed E-state index contributed by atoms with van der Waals surface area (Å²) in [5.74, 6) is 0.699. The van der Waals surface area contributed by atoms with E-state index in [0.29, 0.717) is 44.0 Å². The molecule has 3 aliphatic heterocycles. The molecule has 0 bridgehead atoms. The smallest absolute Gasteiger partial charge is 0.257 e. The first-order chi connectivity index (χ1) is 14.5. The van der Waals surface area contributed by atoms with Crippen molar-refractivity contribution in [2.75, 3.05) is 38.1 Å². The summed E-state index contributed by atoms with van der Waals surface area (Å²) in [6, 6.07) is 0.287. The van der Waals surface area contributed by atoms with Gasteiger partial charge in [0.2, 0.25) is 11.8 Å². The quantitative estimate of drug-likeness (QED) is 0.793. The van der Waals surface area contributed by atoms with Crippen molar-refractivity contribution >= 4 is 34.1 Å². The molecule has 1 aromatic rings. The highest BCUT2D eigenvalue weighted by Crippen LogP contribution is 2.43. The van der Waals surface area contributed by atoms with Crippen LogP contribution in [-0.2, 0) is 22.6 Å². The van der Waals surface area contributed by atoms with Crippen molar-refractivity contribution in [2.24, 2.45) is 5.92 Å². The summed E-state index contributed by atoms with van der Waals surface area (Å²) in [4.78, 5) is 45.3. The van der Waals surface area contributed by atoms with Gasteiger partial charge in [-0.15, -0.1) is 11.3 Å². The number of hydrogen-bond donors (Lipinski definition) is 1. The maximum absolute atomic E-state index is 13.1. The van der Waals surface area contributed by atoms with Crippen molar-refractivity contribution in [3.8, 4) is 0 Å². The zero-order valence-corrected chi connectivity index (χ0v) is 18.4.